The number of phenolic OH excluding ortho intramolecular Hbond substituents is 2. The Kier molecular flexibility index (Phi) is 11.7. The average molecular weight is 710 g/mol. The van der Waals surface area contributed by atoms with Gasteiger partial charge in [-0.3, -0.25) is 9.98 Å². The molecule has 0 bridgehead atoms. The van der Waals surface area contributed by atoms with Gasteiger partial charge in [-0.2, -0.15) is 0 Å². The summed E-state index contributed by atoms with van der Waals surface area (Å²) in [5.74, 6) is 0.530. The normalized spacial score (nSPS) is 12.9. The Morgan fingerprint density at radius 3 is 1.08 bits per heavy atom. The van der Waals surface area contributed by atoms with E-state index in [-0.39, 0.29) is 52.6 Å². The maximum absolute atomic E-state index is 11.4. The van der Waals surface area contributed by atoms with Crippen LogP contribution >= 0.6 is 0 Å². The number of hydrogen-bond donors (Lipinski definition) is 2. The van der Waals surface area contributed by atoms with Gasteiger partial charge < -0.3 is 10.2 Å². The number of aryl methyl sites for hydroxylation is 2. The molecule has 2 N–H and O–H groups in total. The molecule has 4 aromatic rings. The van der Waals surface area contributed by atoms with Gasteiger partial charge >= 0.3 is 0 Å². The topological polar surface area (TPSA) is 65.2 Å². The molecular weight excluding hydrogens is 654 g/mol. The van der Waals surface area contributed by atoms with Gasteiger partial charge in [-0.15, -0.1) is 0 Å². The number of aromatic hydroxyl groups is 2. The van der Waals surface area contributed by atoms with Crippen LogP contribution in [-0.2, 0) is 41.1 Å². The number of benzene rings is 4. The number of hydrogen-bond acceptors (Lipinski definition) is 4. The summed E-state index contributed by atoms with van der Waals surface area (Å²) < 4.78 is 0. The number of phenols is 2. The summed E-state index contributed by atoms with van der Waals surface area (Å²) in [4.78, 5) is 10.0. The molecule has 0 fully saturated rings. The standard InChI is InChI=1S/C44H56N2O2.Zn/c1-27-15-17-33(37(19-27)45-25-29-21-31(41(3,4)5)23-35(39(29)47)43(9,10)11)34-18-16-28(2)20-38(34)46-26-30-22-32(42(6,7)8)24-36(40(30)48)44(12,13)14;/h15-26,47-48H,1-14H3;. The van der Waals surface area contributed by atoms with Gasteiger partial charge in [0.2, 0.25) is 0 Å². The fourth-order valence-electron chi connectivity index (χ4n) is 5.75. The smallest absolute Gasteiger partial charge is 0.128 e. The van der Waals surface area contributed by atoms with E-state index in [1.807, 2.05) is 0 Å². The summed E-state index contributed by atoms with van der Waals surface area (Å²) in [5, 5.41) is 22.8. The van der Waals surface area contributed by atoms with Gasteiger partial charge in [0.05, 0.1) is 11.4 Å². The van der Waals surface area contributed by atoms with Crippen LogP contribution in [0, 0.1) is 13.8 Å². The molecule has 256 valence electrons. The fraction of sp³-hybridized carbons (Fsp3) is 0.409. The van der Waals surface area contributed by atoms with E-state index in [0.29, 0.717) is 11.1 Å². The summed E-state index contributed by atoms with van der Waals surface area (Å²) in [6, 6.07) is 20.9. The summed E-state index contributed by atoms with van der Waals surface area (Å²) >= 11 is 0. The van der Waals surface area contributed by atoms with Crippen LogP contribution in [0.4, 0.5) is 11.4 Å². The van der Waals surface area contributed by atoms with Gasteiger partial charge in [-0.05, 0) is 82.0 Å². The molecule has 5 heteroatoms. The zero-order valence-electron chi connectivity index (χ0n) is 32.4. The number of aliphatic imine (C=N–C) groups is 2. The van der Waals surface area contributed by atoms with Crippen LogP contribution in [0.2, 0.25) is 0 Å². The first-order chi connectivity index (χ1) is 22.0. The van der Waals surface area contributed by atoms with Crippen molar-refractivity contribution < 1.29 is 29.7 Å². The van der Waals surface area contributed by atoms with Crippen molar-refractivity contribution in [2.75, 3.05) is 0 Å². The van der Waals surface area contributed by atoms with Crippen LogP contribution in [0.5, 0.6) is 11.5 Å². The van der Waals surface area contributed by atoms with Crippen molar-refractivity contribution in [3.8, 4) is 22.6 Å². The van der Waals surface area contributed by atoms with Crippen LogP contribution < -0.4 is 0 Å². The zero-order valence-corrected chi connectivity index (χ0v) is 35.4. The van der Waals surface area contributed by atoms with Crippen molar-refractivity contribution in [2.24, 2.45) is 9.98 Å². The minimum Gasteiger partial charge on any atom is -0.507 e. The molecular formula is C44H56N2O2Zn. The largest absolute Gasteiger partial charge is 0.507 e. The van der Waals surface area contributed by atoms with Gasteiger partial charge in [0.25, 0.3) is 0 Å². The van der Waals surface area contributed by atoms with Crippen LogP contribution in [0.1, 0.15) is 128 Å². The van der Waals surface area contributed by atoms with Crippen LogP contribution in [0.15, 0.2) is 70.6 Å². The minimum atomic E-state index is -0.230. The molecule has 0 aromatic heterocycles. The molecule has 0 spiro atoms. The van der Waals surface area contributed by atoms with E-state index in [1.165, 1.54) is 0 Å². The molecule has 4 rings (SSSR count). The van der Waals surface area contributed by atoms with Gasteiger partial charge in [0, 0.05) is 65.3 Å². The zero-order chi connectivity index (χ0) is 36.0. The minimum absolute atomic E-state index is 0. The summed E-state index contributed by atoms with van der Waals surface area (Å²) in [6.07, 6.45) is 3.58. The molecule has 0 aliphatic heterocycles. The Bertz CT molecular complexity index is 1750. The van der Waals surface area contributed by atoms with Crippen LogP contribution in [-0.4, -0.2) is 22.6 Å². The Morgan fingerprint density at radius 2 is 0.796 bits per heavy atom. The van der Waals surface area contributed by atoms with E-state index in [0.717, 1.165) is 55.9 Å². The third kappa shape index (κ3) is 9.37. The van der Waals surface area contributed by atoms with E-state index in [2.05, 4.69) is 158 Å². The number of nitrogens with zero attached hydrogens (tertiary/aromatic N) is 2. The second kappa shape index (κ2) is 14.4. The van der Waals surface area contributed by atoms with Crippen molar-refractivity contribution in [3.63, 3.8) is 0 Å². The van der Waals surface area contributed by atoms with Crippen LogP contribution in [0.25, 0.3) is 11.1 Å². The summed E-state index contributed by atoms with van der Waals surface area (Å²) in [7, 11) is 0. The predicted molar refractivity (Wildman–Crippen MR) is 207 cm³/mol. The summed E-state index contributed by atoms with van der Waals surface area (Å²) in [5.41, 5.74) is 10.5. The molecule has 4 nitrogen and oxygen atoms in total. The van der Waals surface area contributed by atoms with Crippen LogP contribution in [0.3, 0.4) is 0 Å². The van der Waals surface area contributed by atoms with Crippen molar-refractivity contribution >= 4 is 23.8 Å². The molecule has 0 unspecified atom stereocenters. The van der Waals surface area contributed by atoms with E-state index in [1.54, 1.807) is 12.4 Å². The Hall–Kier alpha value is -3.56. The Labute approximate surface area is 308 Å². The quantitative estimate of drug-likeness (QED) is 0.160. The van der Waals surface area contributed by atoms with Crippen molar-refractivity contribution in [3.05, 3.63) is 105 Å². The first-order valence-electron chi connectivity index (χ1n) is 17.0. The van der Waals surface area contributed by atoms with Gasteiger partial charge in [-0.25, -0.2) is 0 Å². The van der Waals surface area contributed by atoms with E-state index in [4.69, 9.17) is 9.98 Å². The molecule has 0 radical (unpaired) electrons. The second-order valence-electron chi connectivity index (χ2n) is 17.5. The van der Waals surface area contributed by atoms with Crippen molar-refractivity contribution in [1.29, 1.82) is 0 Å². The van der Waals surface area contributed by atoms with E-state index >= 15 is 0 Å². The molecule has 49 heavy (non-hydrogen) atoms. The Balaban J connectivity index is 0.00000650. The van der Waals surface area contributed by atoms with Crippen molar-refractivity contribution in [2.45, 2.75) is 119 Å². The number of rotatable bonds is 5. The molecule has 4 aromatic carbocycles. The molecule has 0 heterocycles. The van der Waals surface area contributed by atoms with Gasteiger partial charge in [0.15, 0.2) is 0 Å². The van der Waals surface area contributed by atoms with Gasteiger partial charge in [0.1, 0.15) is 11.5 Å². The molecule has 0 amide bonds. The molecule has 0 atom stereocenters. The third-order valence-electron chi connectivity index (χ3n) is 8.91. The third-order valence-corrected chi connectivity index (χ3v) is 8.91. The van der Waals surface area contributed by atoms with E-state index < -0.39 is 0 Å². The maximum Gasteiger partial charge on any atom is 0.128 e. The molecule has 0 saturated heterocycles. The molecule has 0 aliphatic rings. The van der Waals surface area contributed by atoms with E-state index in [9.17, 15) is 10.2 Å². The monoisotopic (exact) mass is 708 g/mol. The average Bonchev–Trinajstić information content (AvgIpc) is 2.94. The first-order valence-corrected chi connectivity index (χ1v) is 17.0. The first kappa shape index (κ1) is 39.9. The molecule has 0 saturated carbocycles. The fourth-order valence-corrected chi connectivity index (χ4v) is 5.75. The van der Waals surface area contributed by atoms with Gasteiger partial charge in [-0.1, -0.05) is 119 Å². The Morgan fingerprint density at radius 1 is 0.469 bits per heavy atom. The molecule has 0 aliphatic carbocycles. The maximum atomic E-state index is 11.4. The predicted octanol–water partition coefficient (Wildman–Crippen LogP) is 12.1. The second-order valence-corrected chi connectivity index (χ2v) is 17.5. The summed E-state index contributed by atoms with van der Waals surface area (Å²) in [6.45, 7) is 30.0. The van der Waals surface area contributed by atoms with Crippen molar-refractivity contribution in [1.82, 2.24) is 0 Å². The SMILES string of the molecule is Cc1ccc(-c2ccc(C)cc2N=Cc2cc(C(C)(C)C)cc(C(C)(C)C)c2O)c(N=Cc2cc(C(C)(C)C)cc(C(C)(C)C)c2O)c1.[Zn].